The van der Waals surface area contributed by atoms with Crippen molar-refractivity contribution in [2.75, 3.05) is 13.2 Å². The summed E-state index contributed by atoms with van der Waals surface area (Å²) in [5.41, 5.74) is 3.72. The van der Waals surface area contributed by atoms with Gasteiger partial charge in [-0.3, -0.25) is 4.79 Å². The van der Waals surface area contributed by atoms with E-state index in [0.29, 0.717) is 6.42 Å². The highest BCUT2D eigenvalue weighted by atomic mass is 16.3. The van der Waals surface area contributed by atoms with E-state index < -0.39 is 0 Å². The summed E-state index contributed by atoms with van der Waals surface area (Å²) < 4.78 is 0. The number of aliphatic hydroxyl groups is 1. The number of benzene rings is 1. The smallest absolute Gasteiger partial charge is 0.223 e. The van der Waals surface area contributed by atoms with Gasteiger partial charge in [-0.15, -0.1) is 0 Å². The topological polar surface area (TPSA) is 56.3 Å². The number of fused-ring (bicyclic) bond motifs is 5. The molecule has 0 radical (unpaired) electrons. The van der Waals surface area contributed by atoms with Crippen molar-refractivity contribution in [2.45, 2.75) is 45.1 Å². The zero-order valence-electron chi connectivity index (χ0n) is 13.6. The van der Waals surface area contributed by atoms with Gasteiger partial charge in [-0.1, -0.05) is 25.1 Å². The lowest BCUT2D eigenvalue weighted by molar-refractivity contribution is -0.146. The van der Waals surface area contributed by atoms with Crippen molar-refractivity contribution in [3.8, 4) is 0 Å². The highest BCUT2D eigenvalue weighted by Gasteiger charge is 2.49. The molecule has 2 aliphatic heterocycles. The SMILES string of the molecule is CC[C@@]1(CCO)CCC(=O)N2CCc3c([nH]c4ccccc34)[C@H]21. The predicted molar refractivity (Wildman–Crippen MR) is 90.1 cm³/mol. The number of nitrogens with one attached hydrogen (secondary N) is 1. The van der Waals surface area contributed by atoms with Crippen LogP contribution in [-0.4, -0.2) is 34.0 Å². The van der Waals surface area contributed by atoms with Crippen LogP contribution >= 0.6 is 0 Å². The molecule has 2 N–H and O–H groups in total. The normalized spacial score (nSPS) is 27.1. The number of para-hydroxylation sites is 1. The van der Waals surface area contributed by atoms with E-state index >= 15 is 0 Å². The van der Waals surface area contributed by atoms with Crippen LogP contribution < -0.4 is 0 Å². The molecule has 4 rings (SSSR count). The minimum Gasteiger partial charge on any atom is -0.396 e. The van der Waals surface area contributed by atoms with E-state index in [1.165, 1.54) is 16.6 Å². The van der Waals surface area contributed by atoms with Crippen molar-refractivity contribution in [3.05, 3.63) is 35.5 Å². The van der Waals surface area contributed by atoms with E-state index in [9.17, 15) is 9.90 Å². The molecular formula is C19H24N2O2. The highest BCUT2D eigenvalue weighted by molar-refractivity contribution is 5.86. The fourth-order valence-corrected chi connectivity index (χ4v) is 4.81. The van der Waals surface area contributed by atoms with Gasteiger partial charge < -0.3 is 15.0 Å². The molecule has 0 aliphatic carbocycles. The first-order valence-corrected chi connectivity index (χ1v) is 8.70. The Morgan fingerprint density at radius 1 is 1.35 bits per heavy atom. The summed E-state index contributed by atoms with van der Waals surface area (Å²) >= 11 is 0. The third kappa shape index (κ3) is 2.04. The van der Waals surface area contributed by atoms with Crippen LogP contribution in [0, 0.1) is 5.41 Å². The molecule has 4 heteroatoms. The van der Waals surface area contributed by atoms with Gasteiger partial charge in [-0.25, -0.2) is 0 Å². The number of amides is 1. The number of aliphatic hydroxyl groups excluding tert-OH is 1. The van der Waals surface area contributed by atoms with Gasteiger partial charge in [0.25, 0.3) is 0 Å². The van der Waals surface area contributed by atoms with Gasteiger partial charge in [0.1, 0.15) is 0 Å². The van der Waals surface area contributed by atoms with Crippen LogP contribution in [-0.2, 0) is 11.2 Å². The van der Waals surface area contributed by atoms with Crippen molar-refractivity contribution >= 4 is 16.8 Å². The van der Waals surface area contributed by atoms with Gasteiger partial charge in [0.2, 0.25) is 5.91 Å². The second-order valence-electron chi connectivity index (χ2n) is 6.99. The Kier molecular flexibility index (Phi) is 3.45. The molecule has 0 bridgehead atoms. The fraction of sp³-hybridized carbons (Fsp3) is 0.526. The lowest BCUT2D eigenvalue weighted by Crippen LogP contribution is -2.52. The number of piperidine rings is 1. The zero-order chi connectivity index (χ0) is 16.0. The quantitative estimate of drug-likeness (QED) is 0.914. The summed E-state index contributed by atoms with van der Waals surface area (Å²) in [5, 5.41) is 10.9. The molecule has 1 amide bonds. The van der Waals surface area contributed by atoms with Crippen molar-refractivity contribution in [1.82, 2.24) is 9.88 Å². The Bertz CT molecular complexity index is 751. The molecule has 1 aromatic carbocycles. The molecule has 1 saturated heterocycles. The Morgan fingerprint density at radius 3 is 2.96 bits per heavy atom. The number of hydrogen-bond donors (Lipinski definition) is 2. The molecule has 23 heavy (non-hydrogen) atoms. The Labute approximate surface area is 136 Å². The average Bonchev–Trinajstić information content (AvgIpc) is 2.96. The summed E-state index contributed by atoms with van der Waals surface area (Å²) in [6, 6.07) is 8.49. The van der Waals surface area contributed by atoms with E-state index in [0.717, 1.165) is 37.7 Å². The minimum atomic E-state index is -0.0152. The second-order valence-corrected chi connectivity index (χ2v) is 6.99. The number of hydrogen-bond acceptors (Lipinski definition) is 2. The summed E-state index contributed by atoms with van der Waals surface area (Å²) in [6.45, 7) is 3.17. The molecular weight excluding hydrogens is 288 g/mol. The summed E-state index contributed by atoms with van der Waals surface area (Å²) in [7, 11) is 0. The number of H-pyrrole nitrogens is 1. The van der Waals surface area contributed by atoms with Crippen LogP contribution in [0.2, 0.25) is 0 Å². The second kappa shape index (κ2) is 5.38. The Hall–Kier alpha value is -1.81. The molecule has 1 aromatic heterocycles. The average molecular weight is 312 g/mol. The van der Waals surface area contributed by atoms with Crippen molar-refractivity contribution in [2.24, 2.45) is 5.41 Å². The van der Waals surface area contributed by atoms with Crippen LogP contribution in [0.1, 0.15) is 49.9 Å². The minimum absolute atomic E-state index is 0.0152. The summed E-state index contributed by atoms with van der Waals surface area (Å²) in [6.07, 6.45) is 4.14. The number of aromatic amines is 1. The van der Waals surface area contributed by atoms with Gasteiger partial charge in [-0.05, 0) is 42.7 Å². The first-order valence-electron chi connectivity index (χ1n) is 8.70. The van der Waals surface area contributed by atoms with E-state index in [1.807, 2.05) is 0 Å². The van der Waals surface area contributed by atoms with Gasteiger partial charge in [-0.2, -0.15) is 0 Å². The Balaban J connectivity index is 1.91. The number of aromatic nitrogens is 1. The van der Waals surface area contributed by atoms with Crippen molar-refractivity contribution in [1.29, 1.82) is 0 Å². The highest BCUT2D eigenvalue weighted by Crippen LogP contribution is 2.53. The number of carbonyl (C=O) groups is 1. The third-order valence-electron chi connectivity index (χ3n) is 6.09. The van der Waals surface area contributed by atoms with E-state index in [2.05, 4.69) is 41.1 Å². The Morgan fingerprint density at radius 2 is 2.17 bits per heavy atom. The van der Waals surface area contributed by atoms with Crippen LogP contribution in [0.3, 0.4) is 0 Å². The molecule has 0 unspecified atom stereocenters. The molecule has 4 nitrogen and oxygen atoms in total. The molecule has 0 spiro atoms. The van der Waals surface area contributed by atoms with Crippen LogP contribution in [0.25, 0.3) is 10.9 Å². The predicted octanol–water partition coefficient (Wildman–Crippen LogP) is 3.17. The molecule has 0 saturated carbocycles. The number of carbonyl (C=O) groups excluding carboxylic acids is 1. The zero-order valence-corrected chi connectivity index (χ0v) is 13.6. The maximum atomic E-state index is 12.5. The van der Waals surface area contributed by atoms with Crippen LogP contribution in [0.15, 0.2) is 24.3 Å². The maximum Gasteiger partial charge on any atom is 0.223 e. The molecule has 2 atom stereocenters. The van der Waals surface area contributed by atoms with Crippen LogP contribution in [0.4, 0.5) is 0 Å². The van der Waals surface area contributed by atoms with E-state index in [1.54, 1.807) is 0 Å². The number of nitrogens with zero attached hydrogens (tertiary/aromatic N) is 1. The first kappa shape index (κ1) is 14.8. The van der Waals surface area contributed by atoms with E-state index in [4.69, 9.17) is 0 Å². The first-order chi connectivity index (χ1) is 11.2. The molecule has 3 heterocycles. The van der Waals surface area contributed by atoms with Crippen molar-refractivity contribution < 1.29 is 9.90 Å². The molecule has 122 valence electrons. The molecule has 2 aromatic rings. The standard InChI is InChI=1S/C19H24N2O2/c1-2-19(10-12-22)9-7-16(23)21-11-8-14-13-5-3-4-6-15(13)20-17(14)18(19)21/h3-6,18,20,22H,2,7-12H2,1H3/t18-,19-/m0/s1. The summed E-state index contributed by atoms with van der Waals surface area (Å²) in [4.78, 5) is 18.2. The molecule has 1 fully saturated rings. The lowest BCUT2D eigenvalue weighted by Gasteiger charge is -2.51. The summed E-state index contributed by atoms with van der Waals surface area (Å²) in [5.74, 6) is 0.265. The maximum absolute atomic E-state index is 12.5. The monoisotopic (exact) mass is 312 g/mol. The van der Waals surface area contributed by atoms with Gasteiger partial charge >= 0.3 is 0 Å². The number of rotatable bonds is 3. The van der Waals surface area contributed by atoms with Gasteiger partial charge in [0.15, 0.2) is 0 Å². The largest absolute Gasteiger partial charge is 0.396 e. The third-order valence-corrected chi connectivity index (χ3v) is 6.09. The molecule has 2 aliphatic rings. The van der Waals surface area contributed by atoms with Gasteiger partial charge in [0, 0.05) is 36.2 Å². The fourth-order valence-electron chi connectivity index (χ4n) is 4.81. The van der Waals surface area contributed by atoms with Crippen LogP contribution in [0.5, 0.6) is 0 Å². The van der Waals surface area contributed by atoms with Crippen molar-refractivity contribution in [3.63, 3.8) is 0 Å². The van der Waals surface area contributed by atoms with Gasteiger partial charge in [0.05, 0.1) is 6.04 Å². The van der Waals surface area contributed by atoms with E-state index in [-0.39, 0.29) is 24.0 Å². The lowest BCUT2D eigenvalue weighted by atomic mass is 9.66.